The summed E-state index contributed by atoms with van der Waals surface area (Å²) in [5, 5.41) is 0. The van der Waals surface area contributed by atoms with E-state index in [9.17, 15) is 26.4 Å². The monoisotopic (exact) mass is 400 g/mol. The zero-order valence-corrected chi connectivity index (χ0v) is 15.6. The van der Waals surface area contributed by atoms with Gasteiger partial charge in [0, 0.05) is 13.6 Å². The molecule has 0 aliphatic rings. The molecule has 2 rings (SSSR count). The number of amides is 1. The Morgan fingerprint density at radius 3 is 2.22 bits per heavy atom. The quantitative estimate of drug-likeness (QED) is 0.809. The summed E-state index contributed by atoms with van der Waals surface area (Å²) in [6.45, 7) is 0.138. The highest BCUT2D eigenvalue weighted by Crippen LogP contribution is 2.29. The summed E-state index contributed by atoms with van der Waals surface area (Å²) in [6.07, 6.45) is -3.44. The van der Waals surface area contributed by atoms with Crippen molar-refractivity contribution in [2.24, 2.45) is 0 Å². The number of alkyl halides is 3. The van der Waals surface area contributed by atoms with Crippen molar-refractivity contribution in [1.29, 1.82) is 0 Å². The molecule has 0 aliphatic carbocycles. The highest BCUT2D eigenvalue weighted by Gasteiger charge is 2.30. The van der Waals surface area contributed by atoms with Gasteiger partial charge in [-0.25, -0.2) is 8.42 Å². The lowest BCUT2D eigenvalue weighted by molar-refractivity contribution is -0.137. The van der Waals surface area contributed by atoms with E-state index in [0.29, 0.717) is 16.8 Å². The van der Waals surface area contributed by atoms with E-state index in [1.165, 1.54) is 24.1 Å². The number of nitrogens with one attached hydrogen (secondary N) is 1. The maximum atomic E-state index is 12.6. The lowest BCUT2D eigenvalue weighted by Crippen LogP contribution is -2.28. The third kappa shape index (κ3) is 6.28. The van der Waals surface area contributed by atoms with E-state index in [2.05, 4.69) is 4.72 Å². The van der Waals surface area contributed by atoms with Crippen LogP contribution in [-0.2, 0) is 34.0 Å². The maximum Gasteiger partial charge on any atom is 0.416 e. The Kier molecular flexibility index (Phi) is 6.15. The van der Waals surface area contributed by atoms with Crippen LogP contribution in [0.15, 0.2) is 48.5 Å². The predicted octanol–water partition coefficient (Wildman–Crippen LogP) is 3.28. The average Bonchev–Trinajstić information content (AvgIpc) is 2.55. The molecule has 9 heteroatoms. The number of sulfonamides is 1. The molecule has 0 radical (unpaired) electrons. The predicted molar refractivity (Wildman–Crippen MR) is 96.5 cm³/mol. The summed E-state index contributed by atoms with van der Waals surface area (Å²) in [5.74, 6) is -0.294. The van der Waals surface area contributed by atoms with E-state index >= 15 is 0 Å². The molecule has 0 spiro atoms. The highest BCUT2D eigenvalue weighted by atomic mass is 32.2. The first-order valence-electron chi connectivity index (χ1n) is 7.91. The fraction of sp³-hybridized carbons (Fsp3) is 0.278. The number of anilines is 1. The van der Waals surface area contributed by atoms with Crippen molar-refractivity contribution < 1.29 is 26.4 Å². The zero-order valence-electron chi connectivity index (χ0n) is 14.7. The van der Waals surface area contributed by atoms with Crippen molar-refractivity contribution in [1.82, 2.24) is 4.90 Å². The molecule has 5 nitrogen and oxygen atoms in total. The van der Waals surface area contributed by atoms with Crippen molar-refractivity contribution in [2.75, 3.05) is 18.0 Å². The van der Waals surface area contributed by atoms with Crippen LogP contribution in [0.25, 0.3) is 0 Å². The summed E-state index contributed by atoms with van der Waals surface area (Å²) < 4.78 is 63.0. The van der Waals surface area contributed by atoms with Crippen LogP contribution >= 0.6 is 0 Å². The topological polar surface area (TPSA) is 66.5 Å². The molecule has 0 saturated heterocycles. The van der Waals surface area contributed by atoms with Gasteiger partial charge >= 0.3 is 6.18 Å². The van der Waals surface area contributed by atoms with Crippen molar-refractivity contribution in [2.45, 2.75) is 19.1 Å². The van der Waals surface area contributed by atoms with Gasteiger partial charge in [0.1, 0.15) is 0 Å². The smallest absolute Gasteiger partial charge is 0.341 e. The van der Waals surface area contributed by atoms with Crippen LogP contribution in [0.3, 0.4) is 0 Å². The van der Waals surface area contributed by atoms with E-state index in [4.69, 9.17) is 0 Å². The van der Waals surface area contributed by atoms with Crippen molar-refractivity contribution in [3.8, 4) is 0 Å². The van der Waals surface area contributed by atoms with E-state index in [0.717, 1.165) is 18.4 Å². The largest absolute Gasteiger partial charge is 0.416 e. The van der Waals surface area contributed by atoms with Crippen LogP contribution in [0.4, 0.5) is 18.9 Å². The number of halogens is 3. The van der Waals surface area contributed by atoms with Crippen LogP contribution in [0.2, 0.25) is 0 Å². The molecule has 2 aromatic carbocycles. The van der Waals surface area contributed by atoms with Gasteiger partial charge in [-0.05, 0) is 29.3 Å². The summed E-state index contributed by atoms with van der Waals surface area (Å²) in [5.41, 5.74) is 0.630. The van der Waals surface area contributed by atoms with Crippen LogP contribution in [-0.4, -0.2) is 32.5 Å². The third-order valence-electron chi connectivity index (χ3n) is 3.78. The van der Waals surface area contributed by atoms with E-state index in [1.54, 1.807) is 24.3 Å². The number of hydrogen-bond donors (Lipinski definition) is 1. The fourth-order valence-corrected chi connectivity index (χ4v) is 3.03. The van der Waals surface area contributed by atoms with Gasteiger partial charge in [-0.3, -0.25) is 9.52 Å². The molecule has 0 unspecified atom stereocenters. The molecular formula is C18H19F3N2O3S. The first-order valence-corrected chi connectivity index (χ1v) is 9.80. The summed E-state index contributed by atoms with van der Waals surface area (Å²) in [7, 11) is -1.95. The van der Waals surface area contributed by atoms with Crippen molar-refractivity contribution in [3.63, 3.8) is 0 Å². The average molecular weight is 400 g/mol. The molecular weight excluding hydrogens is 381 g/mol. The summed E-state index contributed by atoms with van der Waals surface area (Å²) >= 11 is 0. The molecule has 1 amide bonds. The van der Waals surface area contributed by atoms with Gasteiger partial charge in [-0.2, -0.15) is 13.2 Å². The number of benzene rings is 2. The number of para-hydroxylation sites is 1. The Labute approximate surface area is 155 Å². The van der Waals surface area contributed by atoms with Gasteiger partial charge in [0.25, 0.3) is 0 Å². The number of rotatable bonds is 6. The molecule has 0 atom stereocenters. The second kappa shape index (κ2) is 7.99. The Hall–Kier alpha value is -2.55. The molecule has 0 bridgehead atoms. The van der Waals surface area contributed by atoms with E-state index in [-0.39, 0.29) is 18.9 Å². The normalized spacial score (nSPS) is 11.9. The fourth-order valence-electron chi connectivity index (χ4n) is 2.43. The summed E-state index contributed by atoms with van der Waals surface area (Å²) in [6, 6.07) is 11.1. The lowest BCUT2D eigenvalue weighted by Gasteiger charge is -2.19. The van der Waals surface area contributed by atoms with E-state index in [1.807, 2.05) is 0 Å². The van der Waals surface area contributed by atoms with Crippen molar-refractivity contribution in [3.05, 3.63) is 65.2 Å². The second-order valence-electron chi connectivity index (χ2n) is 6.15. The lowest BCUT2D eigenvalue weighted by atomic mass is 10.1. The molecule has 0 saturated carbocycles. The van der Waals surface area contributed by atoms with Gasteiger partial charge in [0.15, 0.2) is 0 Å². The van der Waals surface area contributed by atoms with E-state index < -0.39 is 21.8 Å². The molecule has 0 aliphatic heterocycles. The SMILES string of the molecule is CN(Cc1ccc(C(F)(F)F)cc1)C(=O)Cc1ccccc1NS(C)(=O)=O. The number of nitrogens with zero attached hydrogens (tertiary/aromatic N) is 1. The van der Waals surface area contributed by atoms with Crippen LogP contribution < -0.4 is 4.72 Å². The van der Waals surface area contributed by atoms with Gasteiger partial charge in [0.2, 0.25) is 15.9 Å². The number of carbonyl (C=O) groups is 1. The molecule has 1 N–H and O–H groups in total. The number of carbonyl (C=O) groups excluding carboxylic acids is 1. The van der Waals surface area contributed by atoms with Crippen LogP contribution in [0.5, 0.6) is 0 Å². The molecule has 27 heavy (non-hydrogen) atoms. The molecule has 146 valence electrons. The minimum atomic E-state index is -4.41. The van der Waals surface area contributed by atoms with Crippen molar-refractivity contribution >= 4 is 21.6 Å². The van der Waals surface area contributed by atoms with Gasteiger partial charge in [-0.1, -0.05) is 30.3 Å². The molecule has 0 heterocycles. The molecule has 2 aromatic rings. The maximum absolute atomic E-state index is 12.6. The number of likely N-dealkylation sites (N-methyl/N-ethyl adjacent to an activating group) is 1. The minimum absolute atomic E-state index is 0.0458. The Morgan fingerprint density at radius 2 is 1.67 bits per heavy atom. The second-order valence-corrected chi connectivity index (χ2v) is 7.90. The minimum Gasteiger partial charge on any atom is -0.341 e. The van der Waals surface area contributed by atoms with Gasteiger partial charge in [0.05, 0.1) is 23.9 Å². The highest BCUT2D eigenvalue weighted by molar-refractivity contribution is 7.92. The van der Waals surface area contributed by atoms with Crippen LogP contribution in [0.1, 0.15) is 16.7 Å². The Balaban J connectivity index is 2.06. The van der Waals surface area contributed by atoms with Gasteiger partial charge < -0.3 is 4.90 Å². The standard InChI is InChI=1S/C18H19F3N2O3S/c1-23(12-13-7-9-15(10-8-13)18(19,20)21)17(24)11-14-5-3-4-6-16(14)22-27(2,25)26/h3-10,22H,11-12H2,1-2H3. The zero-order chi connectivity index (χ0) is 20.2. The third-order valence-corrected chi connectivity index (χ3v) is 4.37. The first kappa shape index (κ1) is 20.8. The molecule has 0 fully saturated rings. The Morgan fingerprint density at radius 1 is 1.07 bits per heavy atom. The van der Waals surface area contributed by atoms with Crippen LogP contribution in [0, 0.1) is 0 Å². The van der Waals surface area contributed by atoms with Gasteiger partial charge in [-0.15, -0.1) is 0 Å². The molecule has 0 aromatic heterocycles. The number of hydrogen-bond acceptors (Lipinski definition) is 3. The summed E-state index contributed by atoms with van der Waals surface area (Å²) in [4.78, 5) is 13.8. The Bertz CT molecular complexity index is 910. The first-order chi connectivity index (χ1) is 12.5.